The lowest BCUT2D eigenvalue weighted by Crippen LogP contribution is -2.46. The molecule has 0 saturated heterocycles. The number of carbonyl (C=O) groups excluding carboxylic acids is 1. The van der Waals surface area contributed by atoms with Crippen molar-refractivity contribution in [3.63, 3.8) is 0 Å². The number of hydrogen-bond donors (Lipinski definition) is 1. The molecule has 1 amide bonds. The highest BCUT2D eigenvalue weighted by atomic mass is 16.1. The summed E-state index contributed by atoms with van der Waals surface area (Å²) in [6.07, 6.45) is 3.52. The van der Waals surface area contributed by atoms with Gasteiger partial charge < -0.3 is 5.32 Å². The zero-order valence-electron chi connectivity index (χ0n) is 20.6. The SMILES string of the molecule is CC1(C)C2CCC1(C)C(NC(=O)c1ccc3nc(-c4ccccc4)c(-c4ccccc4)nc3c1)C2. The topological polar surface area (TPSA) is 54.9 Å². The fraction of sp³-hybridized carbons (Fsp3) is 0.323. The van der Waals surface area contributed by atoms with Crippen LogP contribution < -0.4 is 5.32 Å². The van der Waals surface area contributed by atoms with Crippen LogP contribution in [0.2, 0.25) is 0 Å². The van der Waals surface area contributed by atoms with Crippen LogP contribution >= 0.6 is 0 Å². The maximum Gasteiger partial charge on any atom is 0.251 e. The van der Waals surface area contributed by atoms with Crippen molar-refractivity contribution in [2.45, 2.75) is 46.1 Å². The Morgan fingerprint density at radius 1 is 0.829 bits per heavy atom. The van der Waals surface area contributed by atoms with Gasteiger partial charge in [-0.05, 0) is 54.2 Å². The number of hydrogen-bond acceptors (Lipinski definition) is 3. The monoisotopic (exact) mass is 461 g/mol. The van der Waals surface area contributed by atoms with E-state index in [9.17, 15) is 4.79 Å². The lowest BCUT2D eigenvalue weighted by molar-refractivity contribution is 0.0826. The maximum absolute atomic E-state index is 13.4. The summed E-state index contributed by atoms with van der Waals surface area (Å²) in [6.45, 7) is 7.10. The van der Waals surface area contributed by atoms with E-state index in [1.807, 2.05) is 54.6 Å². The summed E-state index contributed by atoms with van der Waals surface area (Å²) in [6, 6.07) is 26.2. The van der Waals surface area contributed by atoms with Gasteiger partial charge in [-0.1, -0.05) is 81.4 Å². The molecule has 35 heavy (non-hydrogen) atoms. The van der Waals surface area contributed by atoms with E-state index in [2.05, 4.69) is 50.4 Å². The number of nitrogens with zero attached hydrogens (tertiary/aromatic N) is 2. The number of aromatic nitrogens is 2. The molecule has 4 heteroatoms. The van der Waals surface area contributed by atoms with E-state index in [4.69, 9.17) is 9.97 Å². The van der Waals surface area contributed by atoms with E-state index in [0.717, 1.165) is 40.0 Å². The zero-order chi connectivity index (χ0) is 24.2. The second-order valence-electron chi connectivity index (χ2n) is 11.0. The van der Waals surface area contributed by atoms with E-state index in [0.29, 0.717) is 11.5 Å². The van der Waals surface area contributed by atoms with Gasteiger partial charge in [0.25, 0.3) is 5.91 Å². The van der Waals surface area contributed by atoms with Gasteiger partial charge in [0.15, 0.2) is 0 Å². The Kier molecular flexibility index (Phi) is 5.03. The summed E-state index contributed by atoms with van der Waals surface area (Å²) < 4.78 is 0. The van der Waals surface area contributed by atoms with Gasteiger partial charge in [0.05, 0.1) is 22.4 Å². The van der Waals surface area contributed by atoms with Crippen molar-refractivity contribution in [1.82, 2.24) is 15.3 Å². The molecule has 0 spiro atoms. The molecule has 2 bridgehead atoms. The summed E-state index contributed by atoms with van der Waals surface area (Å²) in [7, 11) is 0. The first-order valence-electron chi connectivity index (χ1n) is 12.6. The molecular formula is C31H31N3O. The van der Waals surface area contributed by atoms with Crippen molar-refractivity contribution in [2.75, 3.05) is 0 Å². The zero-order valence-corrected chi connectivity index (χ0v) is 20.6. The minimum atomic E-state index is -0.0170. The molecule has 4 aromatic rings. The first-order valence-corrected chi connectivity index (χ1v) is 12.6. The summed E-state index contributed by atoms with van der Waals surface area (Å²) in [5.74, 6) is 0.668. The highest BCUT2D eigenvalue weighted by Gasteiger charge is 2.61. The second kappa shape index (κ2) is 8.01. The van der Waals surface area contributed by atoms with Gasteiger partial charge in [0.2, 0.25) is 0 Å². The summed E-state index contributed by atoms with van der Waals surface area (Å²) in [5, 5.41) is 3.38. The van der Waals surface area contributed by atoms with Gasteiger partial charge in [-0.3, -0.25) is 4.79 Å². The second-order valence-corrected chi connectivity index (χ2v) is 11.0. The largest absolute Gasteiger partial charge is 0.349 e. The van der Waals surface area contributed by atoms with Crippen molar-refractivity contribution >= 4 is 16.9 Å². The highest BCUT2D eigenvalue weighted by Crippen LogP contribution is 2.65. The average Bonchev–Trinajstić information content (AvgIpc) is 3.22. The number of fused-ring (bicyclic) bond motifs is 3. The molecular weight excluding hydrogens is 430 g/mol. The van der Waals surface area contributed by atoms with E-state index in [1.165, 1.54) is 12.8 Å². The third-order valence-corrected chi connectivity index (χ3v) is 9.12. The van der Waals surface area contributed by atoms with Crippen LogP contribution in [-0.2, 0) is 0 Å². The fourth-order valence-corrected chi connectivity index (χ4v) is 6.45. The van der Waals surface area contributed by atoms with E-state index in [1.54, 1.807) is 0 Å². The van der Waals surface area contributed by atoms with Crippen molar-refractivity contribution in [3.8, 4) is 22.5 Å². The normalized spacial score (nSPS) is 24.5. The number of benzene rings is 3. The molecule has 2 aliphatic rings. The van der Waals surface area contributed by atoms with Gasteiger partial charge >= 0.3 is 0 Å². The molecule has 0 radical (unpaired) electrons. The van der Waals surface area contributed by atoms with Gasteiger partial charge in [0.1, 0.15) is 0 Å². The Morgan fingerprint density at radius 2 is 1.43 bits per heavy atom. The number of nitrogens with one attached hydrogen (secondary N) is 1. The van der Waals surface area contributed by atoms with Crippen molar-refractivity contribution in [1.29, 1.82) is 0 Å². The number of carbonyl (C=O) groups is 1. The molecule has 176 valence electrons. The molecule has 3 atom stereocenters. The summed E-state index contributed by atoms with van der Waals surface area (Å²) >= 11 is 0. The minimum Gasteiger partial charge on any atom is -0.349 e. The standard InChI is InChI=1S/C31H31N3O/c1-30(2)23-16-17-31(30,3)26(19-23)34-29(35)22-14-15-24-25(18-22)33-28(21-12-8-5-9-13-21)27(32-24)20-10-6-4-7-11-20/h4-15,18,23,26H,16-17,19H2,1-3H3,(H,34,35). The maximum atomic E-state index is 13.4. The Labute approximate surface area is 206 Å². The van der Waals surface area contributed by atoms with Crippen LogP contribution in [0, 0.1) is 16.7 Å². The van der Waals surface area contributed by atoms with Gasteiger partial charge in [0, 0.05) is 22.7 Å². The molecule has 2 aliphatic carbocycles. The lowest BCUT2D eigenvalue weighted by Gasteiger charge is -2.39. The Bertz CT molecular complexity index is 1410. The smallest absolute Gasteiger partial charge is 0.251 e. The first kappa shape index (κ1) is 22.0. The lowest BCUT2D eigenvalue weighted by atomic mass is 9.69. The van der Waals surface area contributed by atoms with Crippen molar-refractivity contribution in [3.05, 3.63) is 84.4 Å². The van der Waals surface area contributed by atoms with E-state index < -0.39 is 0 Å². The molecule has 6 rings (SSSR count). The Hall–Kier alpha value is -3.53. The van der Waals surface area contributed by atoms with Gasteiger partial charge in [-0.25, -0.2) is 9.97 Å². The molecule has 2 saturated carbocycles. The van der Waals surface area contributed by atoms with Crippen molar-refractivity contribution in [2.24, 2.45) is 16.7 Å². The molecule has 2 fully saturated rings. The van der Waals surface area contributed by atoms with Crippen LogP contribution in [0.15, 0.2) is 78.9 Å². The third kappa shape index (κ3) is 3.46. The van der Waals surface area contributed by atoms with E-state index >= 15 is 0 Å². The summed E-state index contributed by atoms with van der Waals surface area (Å²) in [5.41, 5.74) is 6.27. The summed E-state index contributed by atoms with van der Waals surface area (Å²) in [4.78, 5) is 23.4. The Balaban J connectivity index is 1.38. The first-order chi connectivity index (χ1) is 16.9. The predicted octanol–water partition coefficient (Wildman–Crippen LogP) is 6.91. The van der Waals surface area contributed by atoms with Crippen LogP contribution in [0.4, 0.5) is 0 Å². The predicted molar refractivity (Wildman–Crippen MR) is 141 cm³/mol. The molecule has 1 heterocycles. The quantitative estimate of drug-likeness (QED) is 0.359. The molecule has 1 N–H and O–H groups in total. The van der Waals surface area contributed by atoms with Crippen LogP contribution in [0.25, 0.3) is 33.5 Å². The molecule has 3 unspecified atom stereocenters. The third-order valence-electron chi connectivity index (χ3n) is 9.12. The van der Waals surface area contributed by atoms with Gasteiger partial charge in [-0.2, -0.15) is 0 Å². The van der Waals surface area contributed by atoms with Crippen LogP contribution in [0.5, 0.6) is 0 Å². The van der Waals surface area contributed by atoms with Crippen molar-refractivity contribution < 1.29 is 4.79 Å². The minimum absolute atomic E-state index is 0.0170. The highest BCUT2D eigenvalue weighted by molar-refractivity contribution is 5.98. The average molecular weight is 462 g/mol. The van der Waals surface area contributed by atoms with Crippen LogP contribution in [0.3, 0.4) is 0 Å². The number of amides is 1. The van der Waals surface area contributed by atoms with Crippen LogP contribution in [0.1, 0.15) is 50.4 Å². The molecule has 0 aliphatic heterocycles. The van der Waals surface area contributed by atoms with Crippen LogP contribution in [-0.4, -0.2) is 21.9 Å². The number of rotatable bonds is 4. The Morgan fingerprint density at radius 3 is 1.97 bits per heavy atom. The van der Waals surface area contributed by atoms with E-state index in [-0.39, 0.29) is 22.8 Å². The molecule has 3 aromatic carbocycles. The van der Waals surface area contributed by atoms with Gasteiger partial charge in [-0.15, -0.1) is 0 Å². The fourth-order valence-electron chi connectivity index (χ4n) is 6.45. The molecule has 4 nitrogen and oxygen atoms in total. The molecule has 1 aromatic heterocycles.